The molecule has 3 atom stereocenters. The van der Waals surface area contributed by atoms with Crippen molar-refractivity contribution in [2.24, 2.45) is 16.7 Å². The number of hydrogen-bond donors (Lipinski definition) is 1. The maximum absolute atomic E-state index is 3.89. The SMILES string of the molecule is CC(C)N(C)CCNC1C2(C)CCC(C2)C1(C)C. The van der Waals surface area contributed by atoms with Crippen LogP contribution in [0.5, 0.6) is 0 Å². The molecule has 0 aromatic rings. The Balaban J connectivity index is 1.89. The van der Waals surface area contributed by atoms with Crippen LogP contribution in [0, 0.1) is 16.7 Å². The van der Waals surface area contributed by atoms with E-state index in [1.807, 2.05) is 0 Å². The largest absolute Gasteiger partial charge is 0.312 e. The molecule has 2 aliphatic carbocycles. The van der Waals surface area contributed by atoms with Crippen LogP contribution in [-0.2, 0) is 0 Å². The molecule has 0 heterocycles. The van der Waals surface area contributed by atoms with Gasteiger partial charge in [-0.3, -0.25) is 0 Å². The Kier molecular flexibility index (Phi) is 3.81. The van der Waals surface area contributed by atoms with E-state index in [9.17, 15) is 0 Å². The third-order valence-corrected chi connectivity index (χ3v) is 5.96. The van der Waals surface area contributed by atoms with Gasteiger partial charge in [0.25, 0.3) is 0 Å². The van der Waals surface area contributed by atoms with Gasteiger partial charge in [-0.05, 0) is 56.9 Å². The van der Waals surface area contributed by atoms with Gasteiger partial charge in [0.1, 0.15) is 0 Å². The zero-order valence-electron chi connectivity index (χ0n) is 13.2. The van der Waals surface area contributed by atoms with Crippen LogP contribution in [0.15, 0.2) is 0 Å². The summed E-state index contributed by atoms with van der Waals surface area (Å²) < 4.78 is 0. The van der Waals surface area contributed by atoms with E-state index in [4.69, 9.17) is 0 Å². The molecule has 2 rings (SSSR count). The van der Waals surface area contributed by atoms with E-state index in [-0.39, 0.29) is 0 Å². The second kappa shape index (κ2) is 4.79. The third-order valence-electron chi connectivity index (χ3n) is 5.96. The molecule has 0 aromatic carbocycles. The summed E-state index contributed by atoms with van der Waals surface area (Å²) in [5.41, 5.74) is 1.05. The summed E-state index contributed by atoms with van der Waals surface area (Å²) in [6.45, 7) is 14.3. The van der Waals surface area contributed by atoms with Crippen LogP contribution in [0.2, 0.25) is 0 Å². The van der Waals surface area contributed by atoms with Gasteiger partial charge in [0.2, 0.25) is 0 Å². The Bertz CT molecular complexity index is 293. The zero-order chi connectivity index (χ0) is 13.6. The van der Waals surface area contributed by atoms with Gasteiger partial charge in [-0.2, -0.15) is 0 Å². The first-order valence-corrected chi connectivity index (χ1v) is 7.71. The van der Waals surface area contributed by atoms with Crippen LogP contribution >= 0.6 is 0 Å². The quantitative estimate of drug-likeness (QED) is 0.809. The predicted octanol–water partition coefficient (Wildman–Crippen LogP) is 3.13. The molecule has 0 radical (unpaired) electrons. The standard InChI is InChI=1S/C16H32N2/c1-12(2)18(6)10-9-17-14-15(3,4)13-7-8-16(14,5)11-13/h12-14,17H,7-11H2,1-6H3. The molecule has 2 nitrogen and oxygen atoms in total. The normalized spacial score (nSPS) is 38.0. The molecule has 18 heavy (non-hydrogen) atoms. The minimum atomic E-state index is 0.489. The van der Waals surface area contributed by atoms with Crippen molar-refractivity contribution in [2.75, 3.05) is 20.1 Å². The highest BCUT2D eigenvalue weighted by molar-refractivity contribution is 5.11. The summed E-state index contributed by atoms with van der Waals surface area (Å²) in [7, 11) is 2.22. The summed E-state index contributed by atoms with van der Waals surface area (Å²) >= 11 is 0. The molecule has 2 fully saturated rings. The van der Waals surface area contributed by atoms with Gasteiger partial charge in [0, 0.05) is 25.2 Å². The number of likely N-dealkylation sites (N-methyl/N-ethyl adjacent to an activating group) is 1. The van der Waals surface area contributed by atoms with Crippen LogP contribution in [0.4, 0.5) is 0 Å². The number of nitrogens with one attached hydrogen (secondary N) is 1. The van der Waals surface area contributed by atoms with Gasteiger partial charge in [0.05, 0.1) is 0 Å². The van der Waals surface area contributed by atoms with Crippen LogP contribution < -0.4 is 5.32 Å². The van der Waals surface area contributed by atoms with E-state index in [1.54, 1.807) is 0 Å². The second-order valence-electron chi connectivity index (χ2n) is 7.88. The van der Waals surface area contributed by atoms with Crippen LogP contribution in [0.3, 0.4) is 0 Å². The first-order valence-electron chi connectivity index (χ1n) is 7.71. The summed E-state index contributed by atoms with van der Waals surface area (Å²) in [5, 5.41) is 3.89. The van der Waals surface area contributed by atoms with E-state index < -0.39 is 0 Å². The highest BCUT2D eigenvalue weighted by atomic mass is 15.1. The van der Waals surface area contributed by atoms with Crippen LogP contribution in [0.25, 0.3) is 0 Å². The van der Waals surface area contributed by atoms with Gasteiger partial charge in [-0.25, -0.2) is 0 Å². The molecular formula is C16H32N2. The summed E-state index contributed by atoms with van der Waals surface area (Å²) in [4.78, 5) is 2.43. The number of nitrogens with zero attached hydrogens (tertiary/aromatic N) is 1. The van der Waals surface area contributed by atoms with Crippen LogP contribution in [-0.4, -0.2) is 37.1 Å². The monoisotopic (exact) mass is 252 g/mol. The molecule has 2 heteroatoms. The molecule has 0 spiro atoms. The number of fused-ring (bicyclic) bond motifs is 2. The molecule has 0 amide bonds. The lowest BCUT2D eigenvalue weighted by atomic mass is 9.68. The Hall–Kier alpha value is -0.0800. The first kappa shape index (κ1) is 14.3. The van der Waals surface area contributed by atoms with Crippen molar-refractivity contribution in [1.82, 2.24) is 10.2 Å². The van der Waals surface area contributed by atoms with Gasteiger partial charge in [0.15, 0.2) is 0 Å². The van der Waals surface area contributed by atoms with Crippen molar-refractivity contribution in [3.05, 3.63) is 0 Å². The lowest BCUT2D eigenvalue weighted by molar-refractivity contribution is 0.106. The molecule has 0 saturated heterocycles. The smallest absolute Gasteiger partial charge is 0.0175 e. The number of hydrogen-bond acceptors (Lipinski definition) is 2. The first-order chi connectivity index (χ1) is 8.27. The van der Waals surface area contributed by atoms with E-state index >= 15 is 0 Å². The second-order valence-corrected chi connectivity index (χ2v) is 7.88. The van der Waals surface area contributed by atoms with E-state index in [0.717, 1.165) is 19.0 Å². The maximum atomic E-state index is 3.89. The molecule has 3 unspecified atom stereocenters. The van der Waals surface area contributed by atoms with Crippen molar-refractivity contribution in [1.29, 1.82) is 0 Å². The molecule has 2 aliphatic rings. The van der Waals surface area contributed by atoms with Crippen molar-refractivity contribution in [2.45, 2.75) is 66.0 Å². The van der Waals surface area contributed by atoms with Crippen LogP contribution in [0.1, 0.15) is 53.9 Å². The topological polar surface area (TPSA) is 15.3 Å². The highest BCUT2D eigenvalue weighted by Gasteiger charge is 2.58. The Labute approximate surface area is 114 Å². The average Bonchev–Trinajstić information content (AvgIpc) is 2.73. The highest BCUT2D eigenvalue weighted by Crippen LogP contribution is 2.62. The molecule has 0 aliphatic heterocycles. The lowest BCUT2D eigenvalue weighted by Crippen LogP contribution is -2.52. The fourth-order valence-electron chi connectivity index (χ4n) is 4.45. The Morgan fingerprint density at radius 2 is 1.94 bits per heavy atom. The average molecular weight is 252 g/mol. The molecule has 0 aromatic heterocycles. The Morgan fingerprint density at radius 1 is 1.28 bits per heavy atom. The predicted molar refractivity (Wildman–Crippen MR) is 78.8 cm³/mol. The van der Waals surface area contributed by atoms with E-state index in [2.05, 4.69) is 51.9 Å². The fourth-order valence-corrected chi connectivity index (χ4v) is 4.45. The zero-order valence-corrected chi connectivity index (χ0v) is 13.2. The maximum Gasteiger partial charge on any atom is 0.0175 e. The van der Waals surface area contributed by atoms with Gasteiger partial charge < -0.3 is 10.2 Å². The fraction of sp³-hybridized carbons (Fsp3) is 1.00. The van der Waals surface area contributed by atoms with Gasteiger partial charge in [-0.15, -0.1) is 0 Å². The Morgan fingerprint density at radius 3 is 2.44 bits per heavy atom. The van der Waals surface area contributed by atoms with Crippen molar-refractivity contribution in [3.8, 4) is 0 Å². The number of rotatable bonds is 5. The van der Waals surface area contributed by atoms with Gasteiger partial charge in [-0.1, -0.05) is 20.8 Å². The summed E-state index contributed by atoms with van der Waals surface area (Å²) in [6.07, 6.45) is 4.32. The minimum Gasteiger partial charge on any atom is -0.312 e. The van der Waals surface area contributed by atoms with Crippen molar-refractivity contribution < 1.29 is 0 Å². The summed E-state index contributed by atoms with van der Waals surface area (Å²) in [5.74, 6) is 0.947. The molecular weight excluding hydrogens is 220 g/mol. The summed E-state index contributed by atoms with van der Waals surface area (Å²) in [6, 6.07) is 1.36. The molecule has 106 valence electrons. The molecule has 2 bridgehead atoms. The van der Waals surface area contributed by atoms with Crippen molar-refractivity contribution in [3.63, 3.8) is 0 Å². The van der Waals surface area contributed by atoms with Crippen molar-refractivity contribution >= 4 is 0 Å². The van der Waals surface area contributed by atoms with E-state index in [0.29, 0.717) is 22.9 Å². The third kappa shape index (κ3) is 2.34. The lowest BCUT2D eigenvalue weighted by Gasteiger charge is -2.43. The van der Waals surface area contributed by atoms with Gasteiger partial charge >= 0.3 is 0 Å². The molecule has 1 N–H and O–H groups in total. The minimum absolute atomic E-state index is 0.489. The van der Waals surface area contributed by atoms with E-state index in [1.165, 1.54) is 19.3 Å². The molecule has 2 saturated carbocycles.